The van der Waals surface area contributed by atoms with Crippen LogP contribution in [0, 0.1) is 0 Å². The zero-order valence-corrected chi connectivity index (χ0v) is 26.8. The van der Waals surface area contributed by atoms with Gasteiger partial charge in [-0.25, -0.2) is 0 Å². The van der Waals surface area contributed by atoms with Gasteiger partial charge >= 0.3 is 0 Å². The van der Waals surface area contributed by atoms with Crippen LogP contribution in [0.5, 0.6) is 28.7 Å². The predicted octanol–water partition coefficient (Wildman–Crippen LogP) is 6.31. The number of hydrogen-bond acceptors (Lipinski definition) is 8. The molecule has 0 saturated carbocycles. The number of methoxy groups -OCH3 is 1. The zero-order chi connectivity index (χ0) is 32.9. The van der Waals surface area contributed by atoms with Gasteiger partial charge in [-0.3, -0.25) is 5.32 Å². The molecule has 9 nitrogen and oxygen atoms in total. The average Bonchev–Trinajstić information content (AvgIpc) is 3.59. The van der Waals surface area contributed by atoms with E-state index in [9.17, 15) is 15.3 Å². The Balaban J connectivity index is 1.29. The average molecular weight is 647 g/mol. The Morgan fingerprint density at radius 3 is 2.62 bits per heavy atom. The van der Waals surface area contributed by atoms with Gasteiger partial charge in [0.15, 0.2) is 17.6 Å². The zero-order valence-electron chi connectivity index (χ0n) is 26.8. The number of allylic oxidation sites excluding steroid dienone is 1. The summed E-state index contributed by atoms with van der Waals surface area (Å²) < 4.78 is 24.9. The van der Waals surface area contributed by atoms with E-state index in [4.69, 9.17) is 18.9 Å². The minimum Gasteiger partial charge on any atom is -0.507 e. The molecule has 5 N–H and O–H groups in total. The van der Waals surface area contributed by atoms with Crippen molar-refractivity contribution in [3.63, 3.8) is 0 Å². The molecule has 4 atom stereocenters. The molecule has 9 heteroatoms. The molecule has 0 saturated heterocycles. The minimum absolute atomic E-state index is 0.0453. The molecule has 2 heterocycles. The van der Waals surface area contributed by atoms with Crippen molar-refractivity contribution in [3.8, 4) is 39.9 Å². The van der Waals surface area contributed by atoms with Crippen LogP contribution in [0.4, 0.5) is 0 Å². The van der Waals surface area contributed by atoms with Crippen LogP contribution in [-0.4, -0.2) is 60.5 Å². The molecule has 48 heavy (non-hydrogen) atoms. The fraction of sp³-hybridized carbons (Fsp3) is 0.282. The molecule has 5 aromatic rings. The highest BCUT2D eigenvalue weighted by molar-refractivity contribution is 5.88. The topological polar surface area (TPSA) is 125 Å². The van der Waals surface area contributed by atoms with Gasteiger partial charge in [-0.15, -0.1) is 0 Å². The van der Waals surface area contributed by atoms with Gasteiger partial charge in [-0.2, -0.15) is 0 Å². The molecule has 8 rings (SSSR count). The lowest BCUT2D eigenvalue weighted by atomic mass is 9.65. The largest absolute Gasteiger partial charge is 0.507 e. The van der Waals surface area contributed by atoms with Crippen molar-refractivity contribution in [1.82, 2.24) is 10.3 Å². The quantitative estimate of drug-likeness (QED) is 0.118. The summed E-state index contributed by atoms with van der Waals surface area (Å²) >= 11 is 0. The van der Waals surface area contributed by atoms with Gasteiger partial charge < -0.3 is 39.3 Å². The molecule has 2 aliphatic carbocycles. The van der Waals surface area contributed by atoms with Crippen molar-refractivity contribution in [1.29, 1.82) is 0 Å². The lowest BCUT2D eigenvalue weighted by molar-refractivity contribution is -0.0429. The van der Waals surface area contributed by atoms with Crippen molar-refractivity contribution in [2.75, 3.05) is 34.1 Å². The molecule has 0 bridgehead atoms. The number of fused-ring (bicyclic) bond motifs is 5. The second-order valence-electron chi connectivity index (χ2n) is 12.6. The summed E-state index contributed by atoms with van der Waals surface area (Å²) in [6.45, 7) is 0.323. The first-order valence-corrected chi connectivity index (χ1v) is 16.3. The third-order valence-corrected chi connectivity index (χ3v) is 9.99. The third-order valence-electron chi connectivity index (χ3n) is 9.99. The van der Waals surface area contributed by atoms with E-state index in [1.54, 1.807) is 18.2 Å². The molecule has 4 aromatic carbocycles. The molecular weight excluding hydrogens is 608 g/mol. The Morgan fingerprint density at radius 2 is 1.79 bits per heavy atom. The number of aliphatic hydroxyl groups excluding tert-OH is 1. The van der Waals surface area contributed by atoms with Crippen LogP contribution in [-0.2, 0) is 17.6 Å². The molecule has 1 aromatic heterocycles. The monoisotopic (exact) mass is 646 g/mol. The number of aromatic amines is 1. The summed E-state index contributed by atoms with van der Waals surface area (Å²) in [6.07, 6.45) is 6.67. The van der Waals surface area contributed by atoms with Crippen LogP contribution in [0.3, 0.4) is 0 Å². The van der Waals surface area contributed by atoms with Crippen molar-refractivity contribution in [2.24, 2.45) is 0 Å². The number of ether oxygens (including phenoxy) is 4. The molecule has 3 aliphatic rings. The smallest absolute Gasteiger partial charge is 0.160 e. The van der Waals surface area contributed by atoms with E-state index in [2.05, 4.69) is 46.7 Å². The SMILES string of the molecule is CNCOC1Cc2c(cc(OCCO)c3c2CC2c4c-3ccc(O)c4C=CC2c2ccc3[nH]ccc3c2)OC1c1ccc(O)c(OC)c1. The van der Waals surface area contributed by atoms with E-state index in [-0.39, 0.29) is 42.7 Å². The maximum atomic E-state index is 11.1. The molecule has 1 aliphatic heterocycles. The Bertz CT molecular complexity index is 2050. The summed E-state index contributed by atoms with van der Waals surface area (Å²) in [5.74, 6) is 2.10. The van der Waals surface area contributed by atoms with Crippen LogP contribution >= 0.6 is 0 Å². The number of benzene rings is 4. The first kappa shape index (κ1) is 30.4. The Kier molecular flexibility index (Phi) is 7.75. The third kappa shape index (κ3) is 4.97. The highest BCUT2D eigenvalue weighted by Gasteiger charge is 2.41. The highest BCUT2D eigenvalue weighted by atomic mass is 16.6. The fourth-order valence-corrected chi connectivity index (χ4v) is 7.86. The van der Waals surface area contributed by atoms with E-state index < -0.39 is 6.10 Å². The first-order valence-electron chi connectivity index (χ1n) is 16.3. The molecule has 0 amide bonds. The summed E-state index contributed by atoms with van der Waals surface area (Å²) in [4.78, 5) is 3.30. The maximum absolute atomic E-state index is 11.1. The van der Waals surface area contributed by atoms with Crippen molar-refractivity contribution >= 4 is 17.0 Å². The number of aromatic hydroxyl groups is 2. The Hall–Kier alpha value is -4.96. The van der Waals surface area contributed by atoms with Gasteiger partial charge in [0.25, 0.3) is 0 Å². The van der Waals surface area contributed by atoms with Crippen LogP contribution < -0.4 is 19.5 Å². The Labute approximate surface area is 278 Å². The van der Waals surface area contributed by atoms with Crippen molar-refractivity contribution < 1.29 is 34.3 Å². The van der Waals surface area contributed by atoms with E-state index in [0.717, 1.165) is 49.8 Å². The molecule has 4 unspecified atom stereocenters. The molecular formula is C39H38N2O7. The molecule has 0 radical (unpaired) electrons. The normalized spacial score (nSPS) is 20.5. The standard InChI is InChI=1S/C39H38N2O7/c1-40-20-47-36-18-27-29-17-28-24(21-3-8-30-22(15-21)11-12-41-30)5-6-25-31(43)10-7-26(37(25)28)38(29)35(46-14-13-42)19-33(27)48-39(36)23-4-9-32(44)34(16-23)45-2/h3-12,15-16,19,24,28,36,39-44H,13-14,17-18,20H2,1-2H3. The van der Waals surface area contributed by atoms with Gasteiger partial charge in [-0.05, 0) is 89.0 Å². The van der Waals surface area contributed by atoms with Gasteiger partial charge in [0.1, 0.15) is 30.0 Å². The number of aromatic nitrogens is 1. The Morgan fingerprint density at radius 1 is 0.938 bits per heavy atom. The summed E-state index contributed by atoms with van der Waals surface area (Å²) in [7, 11) is 3.36. The number of phenolic OH excluding ortho intramolecular Hbond substituents is 2. The van der Waals surface area contributed by atoms with Gasteiger partial charge in [0.2, 0.25) is 0 Å². The maximum Gasteiger partial charge on any atom is 0.160 e. The lowest BCUT2D eigenvalue weighted by Crippen LogP contribution is -2.36. The van der Waals surface area contributed by atoms with E-state index in [0.29, 0.717) is 36.8 Å². The summed E-state index contributed by atoms with van der Waals surface area (Å²) in [5.41, 5.74) is 9.21. The van der Waals surface area contributed by atoms with Crippen LogP contribution in [0.25, 0.3) is 28.1 Å². The van der Waals surface area contributed by atoms with Crippen molar-refractivity contribution in [2.45, 2.75) is 36.9 Å². The highest BCUT2D eigenvalue weighted by Crippen LogP contribution is 2.57. The van der Waals surface area contributed by atoms with Gasteiger partial charge in [0.05, 0.1) is 20.4 Å². The van der Waals surface area contributed by atoms with Crippen LogP contribution in [0.2, 0.25) is 0 Å². The molecule has 0 fully saturated rings. The van der Waals surface area contributed by atoms with Gasteiger partial charge in [-0.1, -0.05) is 30.4 Å². The number of nitrogens with one attached hydrogen (secondary N) is 2. The fourth-order valence-electron chi connectivity index (χ4n) is 7.86. The number of phenols is 2. The number of H-pyrrole nitrogens is 1. The molecule has 0 spiro atoms. The minimum atomic E-state index is -0.484. The van der Waals surface area contributed by atoms with E-state index >= 15 is 0 Å². The first-order chi connectivity index (χ1) is 23.5. The van der Waals surface area contributed by atoms with E-state index in [1.807, 2.05) is 31.4 Å². The predicted molar refractivity (Wildman–Crippen MR) is 183 cm³/mol. The summed E-state index contributed by atoms with van der Waals surface area (Å²) in [6, 6.07) is 19.6. The number of hydrogen-bond donors (Lipinski definition) is 5. The second-order valence-corrected chi connectivity index (χ2v) is 12.6. The van der Waals surface area contributed by atoms with Crippen LogP contribution in [0.15, 0.2) is 72.9 Å². The number of aliphatic hydroxyl groups is 1. The van der Waals surface area contributed by atoms with Crippen molar-refractivity contribution in [3.05, 3.63) is 106 Å². The van der Waals surface area contributed by atoms with Crippen LogP contribution in [0.1, 0.15) is 51.3 Å². The lowest BCUT2D eigenvalue weighted by Gasteiger charge is -2.41. The molecule has 246 valence electrons. The van der Waals surface area contributed by atoms with Gasteiger partial charge in [0, 0.05) is 46.8 Å². The van der Waals surface area contributed by atoms with E-state index in [1.165, 1.54) is 12.7 Å². The number of rotatable bonds is 9. The summed E-state index contributed by atoms with van der Waals surface area (Å²) in [5, 5.41) is 35.4. The second kappa shape index (κ2) is 12.2.